The number of rotatable bonds is 6. The van der Waals surface area contributed by atoms with E-state index < -0.39 is 0 Å². The summed E-state index contributed by atoms with van der Waals surface area (Å²) in [6, 6.07) is 0. The molecular formula is C32H53NO3. The molecule has 204 valence electrons. The first-order chi connectivity index (χ1) is 17.1. The summed E-state index contributed by atoms with van der Waals surface area (Å²) in [6.07, 6.45) is 16.9. The van der Waals surface area contributed by atoms with Gasteiger partial charge >= 0.3 is 0 Å². The first-order valence-electron chi connectivity index (χ1n) is 15.7. The molecule has 2 spiro atoms. The van der Waals surface area contributed by atoms with Crippen molar-refractivity contribution in [1.29, 1.82) is 0 Å². The molecule has 0 aromatic rings. The van der Waals surface area contributed by atoms with E-state index in [0.29, 0.717) is 34.2 Å². The van der Waals surface area contributed by atoms with E-state index in [1.165, 1.54) is 64.2 Å². The van der Waals surface area contributed by atoms with Gasteiger partial charge in [-0.3, -0.25) is 4.79 Å². The van der Waals surface area contributed by atoms with Gasteiger partial charge in [0.05, 0.1) is 18.3 Å². The molecule has 4 heteroatoms. The molecule has 4 nitrogen and oxygen atoms in total. The molecule has 1 amide bonds. The lowest BCUT2D eigenvalue weighted by Gasteiger charge is -2.59. The Morgan fingerprint density at radius 1 is 0.944 bits per heavy atom. The fraction of sp³-hybridized carbons (Fsp3) is 0.969. The minimum absolute atomic E-state index is 0.0766. The molecule has 6 rings (SSSR count). The molecule has 1 aliphatic heterocycles. The number of aliphatic hydroxyl groups is 1. The lowest BCUT2D eigenvalue weighted by Crippen LogP contribution is -2.54. The van der Waals surface area contributed by atoms with Crippen LogP contribution >= 0.6 is 0 Å². The maximum absolute atomic E-state index is 12.3. The van der Waals surface area contributed by atoms with Crippen LogP contribution in [0.25, 0.3) is 0 Å². The molecule has 0 radical (unpaired) electrons. The Morgan fingerprint density at radius 3 is 2.47 bits per heavy atom. The van der Waals surface area contributed by atoms with Gasteiger partial charge < -0.3 is 14.7 Å². The molecule has 1 saturated heterocycles. The average molecular weight is 500 g/mol. The highest BCUT2D eigenvalue weighted by molar-refractivity contribution is 5.73. The number of aliphatic hydroxyl groups excluding tert-OH is 1. The second-order valence-corrected chi connectivity index (χ2v) is 15.1. The Bertz CT molecular complexity index is 871. The van der Waals surface area contributed by atoms with Crippen LogP contribution in [0.1, 0.15) is 118 Å². The van der Waals surface area contributed by atoms with Gasteiger partial charge in [0.25, 0.3) is 0 Å². The Kier molecular flexibility index (Phi) is 6.20. The molecule has 5 aliphatic carbocycles. The highest BCUT2D eigenvalue weighted by Gasteiger charge is 2.80. The molecule has 1 N–H and O–H groups in total. The van der Waals surface area contributed by atoms with Crippen molar-refractivity contribution >= 4 is 5.91 Å². The molecule has 36 heavy (non-hydrogen) atoms. The summed E-state index contributed by atoms with van der Waals surface area (Å²) in [5.41, 5.74) is 1.60. The molecule has 5 saturated carbocycles. The first-order valence-corrected chi connectivity index (χ1v) is 15.7. The number of hydrogen-bond donors (Lipinski definition) is 1. The number of unbranched alkanes of at least 4 members (excludes halogenated alkanes) is 2. The van der Waals surface area contributed by atoms with Gasteiger partial charge in [0, 0.05) is 20.0 Å². The second-order valence-electron chi connectivity index (χ2n) is 15.1. The highest BCUT2D eigenvalue weighted by Crippen LogP contribution is 2.87. The van der Waals surface area contributed by atoms with E-state index in [9.17, 15) is 9.90 Å². The summed E-state index contributed by atoms with van der Waals surface area (Å²) < 4.78 is 6.91. The molecule has 0 aromatic heterocycles. The van der Waals surface area contributed by atoms with Gasteiger partial charge in [0.2, 0.25) is 5.91 Å². The van der Waals surface area contributed by atoms with Crippen LogP contribution in [0, 0.1) is 45.3 Å². The average Bonchev–Trinajstić information content (AvgIpc) is 3.41. The number of fused-ring (bicyclic) bond motifs is 4. The summed E-state index contributed by atoms with van der Waals surface area (Å²) >= 11 is 0. The quantitative estimate of drug-likeness (QED) is 0.419. The van der Waals surface area contributed by atoms with E-state index >= 15 is 0 Å². The van der Waals surface area contributed by atoms with Crippen molar-refractivity contribution in [2.24, 2.45) is 45.3 Å². The maximum atomic E-state index is 12.3. The Balaban J connectivity index is 1.16. The minimum atomic E-state index is -0.118. The normalized spacial score (nSPS) is 50.2. The van der Waals surface area contributed by atoms with Gasteiger partial charge in [-0.2, -0.15) is 0 Å². The van der Waals surface area contributed by atoms with Gasteiger partial charge in [-0.25, -0.2) is 0 Å². The van der Waals surface area contributed by atoms with Gasteiger partial charge in [0.1, 0.15) is 0 Å². The van der Waals surface area contributed by atoms with Crippen molar-refractivity contribution in [3.8, 4) is 0 Å². The van der Waals surface area contributed by atoms with Crippen molar-refractivity contribution in [2.75, 3.05) is 13.1 Å². The Hall–Kier alpha value is -0.610. The summed E-state index contributed by atoms with van der Waals surface area (Å²) in [5.74, 6) is 3.31. The van der Waals surface area contributed by atoms with E-state index in [2.05, 4.69) is 32.6 Å². The summed E-state index contributed by atoms with van der Waals surface area (Å²) in [7, 11) is 0. The third-order valence-electron chi connectivity index (χ3n) is 13.6. The van der Waals surface area contributed by atoms with Crippen molar-refractivity contribution in [1.82, 2.24) is 4.90 Å². The fourth-order valence-corrected chi connectivity index (χ4v) is 11.6. The van der Waals surface area contributed by atoms with E-state index in [-0.39, 0.29) is 23.5 Å². The van der Waals surface area contributed by atoms with Gasteiger partial charge in [-0.05, 0) is 116 Å². The third kappa shape index (κ3) is 3.48. The van der Waals surface area contributed by atoms with Gasteiger partial charge in [-0.15, -0.1) is 0 Å². The van der Waals surface area contributed by atoms with Crippen LogP contribution in [0.15, 0.2) is 0 Å². The molecule has 8 unspecified atom stereocenters. The molecule has 6 fully saturated rings. The zero-order chi connectivity index (χ0) is 25.5. The van der Waals surface area contributed by atoms with Crippen LogP contribution in [-0.4, -0.2) is 47.3 Å². The number of carbonyl (C=O) groups is 1. The summed E-state index contributed by atoms with van der Waals surface area (Å²) in [6.45, 7) is 13.0. The molecule has 10 atom stereocenters. The van der Waals surface area contributed by atoms with Crippen molar-refractivity contribution < 1.29 is 14.6 Å². The Morgan fingerprint density at radius 2 is 1.72 bits per heavy atom. The summed E-state index contributed by atoms with van der Waals surface area (Å²) in [4.78, 5) is 14.4. The molecule has 0 bridgehead atoms. The topological polar surface area (TPSA) is 49.8 Å². The van der Waals surface area contributed by atoms with E-state index in [1.807, 2.05) is 0 Å². The van der Waals surface area contributed by atoms with E-state index in [0.717, 1.165) is 44.2 Å². The maximum Gasteiger partial charge on any atom is 0.219 e. The number of ether oxygens (including phenoxy) is 1. The minimum Gasteiger partial charge on any atom is -0.393 e. The van der Waals surface area contributed by atoms with Crippen molar-refractivity contribution in [3.63, 3.8) is 0 Å². The fourth-order valence-electron chi connectivity index (χ4n) is 11.6. The van der Waals surface area contributed by atoms with Crippen LogP contribution in [0.3, 0.4) is 0 Å². The van der Waals surface area contributed by atoms with E-state index in [1.54, 1.807) is 6.92 Å². The van der Waals surface area contributed by atoms with Crippen molar-refractivity contribution in [2.45, 2.75) is 136 Å². The van der Waals surface area contributed by atoms with E-state index in [4.69, 9.17) is 4.74 Å². The van der Waals surface area contributed by atoms with Gasteiger partial charge in [0.15, 0.2) is 0 Å². The number of carbonyl (C=O) groups excluding carboxylic acids is 1. The van der Waals surface area contributed by atoms with Gasteiger partial charge in [-0.1, -0.05) is 40.5 Å². The van der Waals surface area contributed by atoms with Crippen molar-refractivity contribution in [3.05, 3.63) is 0 Å². The smallest absolute Gasteiger partial charge is 0.219 e. The van der Waals surface area contributed by atoms with Crippen LogP contribution in [0.5, 0.6) is 0 Å². The highest BCUT2D eigenvalue weighted by atomic mass is 16.5. The standard InChI is InChI=1S/C32H53NO3/c1-6-7-8-17-33(21(2)34)19-22-9-10-24-26(36-22)18-25-23-11-12-27-29(3,4)28(35)13-14-32(27)20-31(23,32)16-15-30(24,25)5/h22-28,35H,6-20H2,1-5H3/t22?,23?,24?,25?,26?,27?,28-,30?,31-,32?/m0/s1. The number of amides is 1. The molecule has 0 aromatic carbocycles. The lowest BCUT2D eigenvalue weighted by molar-refractivity contribution is -0.139. The second kappa shape index (κ2) is 8.70. The molecule has 6 aliphatic rings. The number of hydrogen-bond acceptors (Lipinski definition) is 3. The third-order valence-corrected chi connectivity index (χ3v) is 13.6. The monoisotopic (exact) mass is 499 g/mol. The predicted octanol–water partition coefficient (Wildman–Crippen LogP) is 6.59. The zero-order valence-electron chi connectivity index (χ0n) is 23.9. The molecule has 1 heterocycles. The van der Waals surface area contributed by atoms with Crippen LogP contribution in [0.2, 0.25) is 0 Å². The Labute approximate surface area is 220 Å². The largest absolute Gasteiger partial charge is 0.393 e. The first kappa shape index (κ1) is 25.7. The SMILES string of the molecule is CCCCCN(CC1CCC2C(CC3C4CCC5C(C)(C)[C@@H](O)CCC56C[C@@]46CCC23C)O1)C(C)=O. The predicted molar refractivity (Wildman–Crippen MR) is 143 cm³/mol. The lowest BCUT2D eigenvalue weighted by atomic mass is 9.46. The van der Waals surface area contributed by atoms with Crippen LogP contribution in [-0.2, 0) is 9.53 Å². The summed E-state index contributed by atoms with van der Waals surface area (Å²) in [5, 5.41) is 10.9. The zero-order valence-corrected chi connectivity index (χ0v) is 23.9. The number of nitrogens with zero attached hydrogens (tertiary/aromatic N) is 1. The van der Waals surface area contributed by atoms with Crippen LogP contribution in [0.4, 0.5) is 0 Å². The van der Waals surface area contributed by atoms with Crippen LogP contribution < -0.4 is 0 Å². The molecular weight excluding hydrogens is 446 g/mol.